The summed E-state index contributed by atoms with van der Waals surface area (Å²) in [4.78, 5) is 24.1. The van der Waals surface area contributed by atoms with E-state index in [0.29, 0.717) is 6.54 Å². The molecule has 8 nitrogen and oxygen atoms in total. The Balaban J connectivity index is 0.00000280. The molecule has 2 fully saturated rings. The summed E-state index contributed by atoms with van der Waals surface area (Å²) in [5.74, 6) is 1.23. The SMILES string of the molecule is CCNC(=NCc1cn[nH]c1C)N1CCN(C(C)C(=O)N2CCCC2)CC1.I. The van der Waals surface area contributed by atoms with Gasteiger partial charge in [-0.1, -0.05) is 0 Å². The number of aliphatic imine (C=N–C) groups is 1. The van der Waals surface area contributed by atoms with Gasteiger partial charge in [-0.2, -0.15) is 5.10 Å². The van der Waals surface area contributed by atoms with Gasteiger partial charge in [-0.15, -0.1) is 24.0 Å². The van der Waals surface area contributed by atoms with Crippen LogP contribution < -0.4 is 5.32 Å². The highest BCUT2D eigenvalue weighted by molar-refractivity contribution is 14.0. The van der Waals surface area contributed by atoms with Crippen molar-refractivity contribution in [2.75, 3.05) is 45.8 Å². The van der Waals surface area contributed by atoms with Gasteiger partial charge in [-0.25, -0.2) is 4.99 Å². The molecule has 1 aromatic heterocycles. The van der Waals surface area contributed by atoms with Crippen LogP contribution in [0.25, 0.3) is 0 Å². The highest BCUT2D eigenvalue weighted by Crippen LogP contribution is 2.14. The number of hydrogen-bond donors (Lipinski definition) is 2. The van der Waals surface area contributed by atoms with Crippen LogP contribution in [-0.2, 0) is 11.3 Å². The number of carbonyl (C=O) groups is 1. The van der Waals surface area contributed by atoms with Crippen molar-refractivity contribution >= 4 is 35.8 Å². The van der Waals surface area contributed by atoms with Crippen molar-refractivity contribution in [2.24, 2.45) is 4.99 Å². The third kappa shape index (κ3) is 5.59. The molecule has 2 saturated heterocycles. The molecule has 2 aliphatic rings. The number of H-pyrrole nitrogens is 1. The number of halogens is 1. The number of aromatic amines is 1. The number of aryl methyl sites for hydroxylation is 1. The maximum atomic E-state index is 12.7. The standard InChI is InChI=1S/C19H33N7O.HI/c1-4-20-19(21-13-17-14-22-23-15(17)2)26-11-9-24(10-12-26)16(3)18(27)25-7-5-6-8-25;/h14,16H,4-13H2,1-3H3,(H,20,21)(H,22,23);1H. The van der Waals surface area contributed by atoms with Crippen LogP contribution in [0.3, 0.4) is 0 Å². The van der Waals surface area contributed by atoms with Gasteiger partial charge in [0.25, 0.3) is 0 Å². The number of nitrogens with zero attached hydrogens (tertiary/aromatic N) is 5. The fraction of sp³-hybridized carbons (Fsp3) is 0.737. The maximum Gasteiger partial charge on any atom is 0.239 e. The number of piperazine rings is 1. The van der Waals surface area contributed by atoms with Crippen LogP contribution in [0.2, 0.25) is 0 Å². The number of likely N-dealkylation sites (tertiary alicyclic amines) is 1. The molecule has 9 heteroatoms. The molecule has 3 rings (SSSR count). The minimum absolute atomic E-state index is 0. The first-order valence-electron chi connectivity index (χ1n) is 10.1. The molecule has 1 aromatic rings. The molecule has 28 heavy (non-hydrogen) atoms. The Morgan fingerprint density at radius 2 is 1.89 bits per heavy atom. The van der Waals surface area contributed by atoms with Crippen molar-refractivity contribution in [1.82, 2.24) is 30.2 Å². The molecule has 3 heterocycles. The van der Waals surface area contributed by atoms with Crippen LogP contribution in [0.1, 0.15) is 37.9 Å². The molecule has 158 valence electrons. The zero-order valence-electron chi connectivity index (χ0n) is 17.3. The molecule has 0 radical (unpaired) electrons. The van der Waals surface area contributed by atoms with Crippen molar-refractivity contribution in [3.8, 4) is 0 Å². The van der Waals surface area contributed by atoms with Crippen molar-refractivity contribution < 1.29 is 4.79 Å². The van der Waals surface area contributed by atoms with E-state index < -0.39 is 0 Å². The number of hydrogen-bond acceptors (Lipinski definition) is 4. The fourth-order valence-electron chi connectivity index (χ4n) is 3.80. The molecule has 2 aliphatic heterocycles. The van der Waals surface area contributed by atoms with Gasteiger partial charge in [0, 0.05) is 57.1 Å². The van der Waals surface area contributed by atoms with Gasteiger partial charge < -0.3 is 15.1 Å². The normalized spacial score (nSPS) is 19.5. The van der Waals surface area contributed by atoms with Crippen LogP contribution >= 0.6 is 24.0 Å². The highest BCUT2D eigenvalue weighted by Gasteiger charge is 2.30. The van der Waals surface area contributed by atoms with Gasteiger partial charge in [0.2, 0.25) is 5.91 Å². The van der Waals surface area contributed by atoms with Gasteiger partial charge in [-0.3, -0.25) is 14.8 Å². The zero-order chi connectivity index (χ0) is 19.2. The average Bonchev–Trinajstić information content (AvgIpc) is 3.36. The molecular formula is C19H34IN7O. The first kappa shape index (κ1) is 22.9. The molecule has 0 bridgehead atoms. The van der Waals surface area contributed by atoms with E-state index in [1.165, 1.54) is 0 Å². The van der Waals surface area contributed by atoms with Crippen molar-refractivity contribution in [2.45, 2.75) is 46.2 Å². The zero-order valence-corrected chi connectivity index (χ0v) is 19.6. The Labute approximate surface area is 185 Å². The van der Waals surface area contributed by atoms with Gasteiger partial charge in [0.15, 0.2) is 5.96 Å². The van der Waals surface area contributed by atoms with E-state index in [1.54, 1.807) is 0 Å². The first-order chi connectivity index (χ1) is 13.1. The Morgan fingerprint density at radius 3 is 2.46 bits per heavy atom. The van der Waals surface area contributed by atoms with Gasteiger partial charge in [0.05, 0.1) is 18.8 Å². The lowest BCUT2D eigenvalue weighted by Crippen LogP contribution is -2.57. The van der Waals surface area contributed by atoms with Gasteiger partial charge in [-0.05, 0) is 33.6 Å². The highest BCUT2D eigenvalue weighted by atomic mass is 127. The predicted octanol–water partition coefficient (Wildman–Crippen LogP) is 1.43. The van der Waals surface area contributed by atoms with Gasteiger partial charge in [0.1, 0.15) is 0 Å². The number of carbonyl (C=O) groups excluding carboxylic acids is 1. The smallest absolute Gasteiger partial charge is 0.239 e. The summed E-state index contributed by atoms with van der Waals surface area (Å²) in [6.07, 6.45) is 4.13. The third-order valence-electron chi connectivity index (χ3n) is 5.61. The summed E-state index contributed by atoms with van der Waals surface area (Å²) < 4.78 is 0. The Bertz CT molecular complexity index is 648. The van der Waals surface area contributed by atoms with E-state index in [1.807, 2.05) is 18.0 Å². The average molecular weight is 503 g/mol. The summed E-state index contributed by atoms with van der Waals surface area (Å²) in [5.41, 5.74) is 2.18. The number of rotatable bonds is 5. The first-order valence-corrected chi connectivity index (χ1v) is 10.1. The predicted molar refractivity (Wildman–Crippen MR) is 122 cm³/mol. The van der Waals surface area contributed by atoms with Crippen LogP contribution in [0.5, 0.6) is 0 Å². The van der Waals surface area contributed by atoms with Crippen LogP contribution in [0, 0.1) is 6.92 Å². The third-order valence-corrected chi connectivity index (χ3v) is 5.61. The largest absolute Gasteiger partial charge is 0.357 e. The second kappa shape index (κ2) is 11.0. The summed E-state index contributed by atoms with van der Waals surface area (Å²) in [7, 11) is 0. The summed E-state index contributed by atoms with van der Waals surface area (Å²) in [5, 5.41) is 10.4. The van der Waals surface area contributed by atoms with E-state index in [4.69, 9.17) is 4.99 Å². The minimum Gasteiger partial charge on any atom is -0.357 e. The molecular weight excluding hydrogens is 469 g/mol. The Kier molecular flexibility index (Phi) is 9.00. The number of nitrogens with one attached hydrogen (secondary N) is 2. The summed E-state index contributed by atoms with van der Waals surface area (Å²) in [6, 6.07) is -0.0293. The van der Waals surface area contributed by atoms with E-state index in [2.05, 4.69) is 39.2 Å². The Hall–Kier alpha value is -1.36. The minimum atomic E-state index is -0.0293. The van der Waals surface area contributed by atoms with Crippen LogP contribution in [-0.4, -0.2) is 88.6 Å². The van der Waals surface area contributed by atoms with E-state index in [-0.39, 0.29) is 35.9 Å². The molecule has 1 atom stereocenters. The lowest BCUT2D eigenvalue weighted by molar-refractivity contribution is -0.135. The summed E-state index contributed by atoms with van der Waals surface area (Å²) in [6.45, 7) is 13.0. The lowest BCUT2D eigenvalue weighted by Gasteiger charge is -2.39. The second-order valence-corrected chi connectivity index (χ2v) is 7.42. The second-order valence-electron chi connectivity index (χ2n) is 7.42. The number of aromatic nitrogens is 2. The molecule has 1 amide bonds. The summed E-state index contributed by atoms with van der Waals surface area (Å²) >= 11 is 0. The molecule has 0 spiro atoms. The molecule has 1 unspecified atom stereocenters. The topological polar surface area (TPSA) is 79.9 Å². The van der Waals surface area contributed by atoms with Crippen LogP contribution in [0.15, 0.2) is 11.2 Å². The van der Waals surface area contributed by atoms with Gasteiger partial charge >= 0.3 is 0 Å². The lowest BCUT2D eigenvalue weighted by atomic mass is 10.2. The fourth-order valence-corrected chi connectivity index (χ4v) is 3.80. The molecule has 0 aromatic carbocycles. The monoisotopic (exact) mass is 503 g/mol. The Morgan fingerprint density at radius 1 is 1.21 bits per heavy atom. The number of guanidine groups is 1. The quantitative estimate of drug-likeness (QED) is 0.361. The molecule has 0 aliphatic carbocycles. The molecule has 0 saturated carbocycles. The van der Waals surface area contributed by atoms with E-state index >= 15 is 0 Å². The van der Waals surface area contributed by atoms with Crippen molar-refractivity contribution in [3.05, 3.63) is 17.5 Å². The maximum absolute atomic E-state index is 12.7. The number of amides is 1. The van der Waals surface area contributed by atoms with Crippen molar-refractivity contribution in [3.63, 3.8) is 0 Å². The van der Waals surface area contributed by atoms with Crippen LogP contribution in [0.4, 0.5) is 0 Å². The van der Waals surface area contributed by atoms with Crippen molar-refractivity contribution in [1.29, 1.82) is 0 Å². The van der Waals surface area contributed by atoms with E-state index in [0.717, 1.165) is 75.9 Å². The molecule has 2 N–H and O–H groups in total. The van der Waals surface area contributed by atoms with E-state index in [9.17, 15) is 4.79 Å².